The molecule has 1 aromatic carbocycles. The largest absolute Gasteiger partial charge is 0.493 e. The summed E-state index contributed by atoms with van der Waals surface area (Å²) in [5.41, 5.74) is 0.915. The fraction of sp³-hybridized carbons (Fsp3) is 0.357. The molecule has 0 aliphatic carbocycles. The fourth-order valence-electron chi connectivity index (χ4n) is 1.60. The standard InChI is InChI=1S/C14H18N4O2/c1-3-4-7-20-13-6-5-12(8-14(13)19-2)9-17-18-10-15-16-11-18/h5-6,8-11H,3-4,7H2,1-2H3/b17-9-. The van der Waals surface area contributed by atoms with Gasteiger partial charge in [-0.1, -0.05) is 13.3 Å². The van der Waals surface area contributed by atoms with Crippen LogP contribution in [0.15, 0.2) is 36.0 Å². The molecule has 106 valence electrons. The van der Waals surface area contributed by atoms with Crippen molar-refractivity contribution in [3.8, 4) is 11.5 Å². The van der Waals surface area contributed by atoms with E-state index >= 15 is 0 Å². The molecule has 1 heterocycles. The predicted octanol–water partition coefficient (Wildman–Crippen LogP) is 2.35. The maximum atomic E-state index is 5.68. The van der Waals surface area contributed by atoms with Crippen LogP contribution in [0, 0.1) is 0 Å². The van der Waals surface area contributed by atoms with Gasteiger partial charge in [-0.25, -0.2) is 4.68 Å². The Morgan fingerprint density at radius 3 is 2.75 bits per heavy atom. The van der Waals surface area contributed by atoms with Crippen molar-refractivity contribution in [3.63, 3.8) is 0 Å². The highest BCUT2D eigenvalue weighted by atomic mass is 16.5. The minimum atomic E-state index is 0.695. The smallest absolute Gasteiger partial charge is 0.161 e. The average Bonchev–Trinajstić information content (AvgIpc) is 2.99. The van der Waals surface area contributed by atoms with Crippen LogP contribution in [-0.2, 0) is 0 Å². The molecule has 0 amide bonds. The van der Waals surface area contributed by atoms with Crippen molar-refractivity contribution in [3.05, 3.63) is 36.4 Å². The van der Waals surface area contributed by atoms with Gasteiger partial charge >= 0.3 is 0 Å². The van der Waals surface area contributed by atoms with Crippen LogP contribution < -0.4 is 9.47 Å². The number of rotatable bonds is 7. The van der Waals surface area contributed by atoms with Crippen LogP contribution in [0.1, 0.15) is 25.3 Å². The monoisotopic (exact) mass is 274 g/mol. The molecule has 1 aromatic heterocycles. The molecule has 0 radical (unpaired) electrons. The highest BCUT2D eigenvalue weighted by Gasteiger charge is 2.04. The molecule has 6 heteroatoms. The summed E-state index contributed by atoms with van der Waals surface area (Å²) in [6, 6.07) is 5.70. The molecule has 0 atom stereocenters. The Hall–Kier alpha value is -2.37. The number of benzene rings is 1. The number of ether oxygens (including phenoxy) is 2. The van der Waals surface area contributed by atoms with Gasteiger partial charge < -0.3 is 9.47 Å². The second-order valence-corrected chi connectivity index (χ2v) is 4.20. The van der Waals surface area contributed by atoms with Crippen LogP contribution in [0.3, 0.4) is 0 Å². The number of unbranched alkanes of at least 4 members (excludes halogenated alkanes) is 1. The topological polar surface area (TPSA) is 61.5 Å². The van der Waals surface area contributed by atoms with E-state index in [1.165, 1.54) is 17.3 Å². The molecular formula is C14H18N4O2. The molecule has 0 saturated heterocycles. The Bertz CT molecular complexity index is 552. The lowest BCUT2D eigenvalue weighted by Gasteiger charge is -2.10. The number of methoxy groups -OCH3 is 1. The van der Waals surface area contributed by atoms with Gasteiger partial charge in [0.05, 0.1) is 19.9 Å². The molecule has 0 saturated carbocycles. The third kappa shape index (κ3) is 3.81. The number of nitrogens with zero attached hydrogens (tertiary/aromatic N) is 4. The zero-order chi connectivity index (χ0) is 14.2. The van der Waals surface area contributed by atoms with E-state index in [1.54, 1.807) is 13.3 Å². The van der Waals surface area contributed by atoms with Crippen molar-refractivity contribution in [2.75, 3.05) is 13.7 Å². The van der Waals surface area contributed by atoms with Crippen LogP contribution in [-0.4, -0.2) is 34.8 Å². The highest BCUT2D eigenvalue weighted by molar-refractivity contribution is 5.80. The van der Waals surface area contributed by atoms with Gasteiger partial charge in [0.15, 0.2) is 11.5 Å². The lowest BCUT2D eigenvalue weighted by atomic mass is 10.2. The predicted molar refractivity (Wildman–Crippen MR) is 76.4 cm³/mol. The van der Waals surface area contributed by atoms with Gasteiger partial charge in [-0.15, -0.1) is 10.2 Å². The van der Waals surface area contributed by atoms with Crippen LogP contribution in [0.4, 0.5) is 0 Å². The molecule has 20 heavy (non-hydrogen) atoms. The van der Waals surface area contributed by atoms with E-state index in [1.807, 2.05) is 18.2 Å². The minimum absolute atomic E-state index is 0.695. The maximum absolute atomic E-state index is 5.68. The first-order valence-electron chi connectivity index (χ1n) is 6.53. The third-order valence-electron chi connectivity index (χ3n) is 2.69. The van der Waals surface area contributed by atoms with E-state index in [0.717, 1.165) is 24.2 Å². The summed E-state index contributed by atoms with van der Waals surface area (Å²) in [4.78, 5) is 0. The minimum Gasteiger partial charge on any atom is -0.493 e. The first-order chi connectivity index (χ1) is 9.83. The molecule has 0 unspecified atom stereocenters. The third-order valence-corrected chi connectivity index (χ3v) is 2.69. The molecule has 2 aromatic rings. The summed E-state index contributed by atoms with van der Waals surface area (Å²) in [6.07, 6.45) is 6.89. The maximum Gasteiger partial charge on any atom is 0.161 e. The molecule has 0 N–H and O–H groups in total. The van der Waals surface area contributed by atoms with Gasteiger partial charge in [0.25, 0.3) is 0 Å². The first-order valence-corrected chi connectivity index (χ1v) is 6.53. The molecule has 0 fully saturated rings. The van der Waals surface area contributed by atoms with Crippen molar-refractivity contribution >= 4 is 6.21 Å². The summed E-state index contributed by atoms with van der Waals surface area (Å²) in [5.74, 6) is 1.45. The fourth-order valence-corrected chi connectivity index (χ4v) is 1.60. The van der Waals surface area contributed by atoms with E-state index in [0.29, 0.717) is 12.4 Å². The Labute approximate surface area is 118 Å². The van der Waals surface area contributed by atoms with Gasteiger partial charge in [0.2, 0.25) is 0 Å². The van der Waals surface area contributed by atoms with Crippen LogP contribution >= 0.6 is 0 Å². The van der Waals surface area contributed by atoms with E-state index in [9.17, 15) is 0 Å². The molecule has 6 nitrogen and oxygen atoms in total. The Kier molecular flexibility index (Phi) is 5.11. The van der Waals surface area contributed by atoms with Crippen LogP contribution in [0.25, 0.3) is 0 Å². The lowest BCUT2D eigenvalue weighted by molar-refractivity contribution is 0.288. The second kappa shape index (κ2) is 7.28. The van der Waals surface area contributed by atoms with Crippen molar-refractivity contribution in [2.24, 2.45) is 5.10 Å². The van der Waals surface area contributed by atoms with Crippen LogP contribution in [0.5, 0.6) is 11.5 Å². The van der Waals surface area contributed by atoms with Gasteiger partial charge in [0, 0.05) is 0 Å². The van der Waals surface area contributed by atoms with Crippen molar-refractivity contribution in [1.29, 1.82) is 0 Å². The van der Waals surface area contributed by atoms with E-state index in [4.69, 9.17) is 9.47 Å². The van der Waals surface area contributed by atoms with Gasteiger partial charge in [-0.2, -0.15) is 5.10 Å². The summed E-state index contributed by atoms with van der Waals surface area (Å²) >= 11 is 0. The summed E-state index contributed by atoms with van der Waals surface area (Å²) in [6.45, 7) is 2.83. The van der Waals surface area contributed by atoms with Crippen molar-refractivity contribution in [2.45, 2.75) is 19.8 Å². The average molecular weight is 274 g/mol. The Morgan fingerprint density at radius 1 is 1.25 bits per heavy atom. The second-order valence-electron chi connectivity index (χ2n) is 4.20. The number of aromatic nitrogens is 3. The van der Waals surface area contributed by atoms with Gasteiger partial charge in [-0.05, 0) is 30.2 Å². The first kappa shape index (κ1) is 14.0. The quantitative estimate of drug-likeness (QED) is 0.574. The zero-order valence-electron chi connectivity index (χ0n) is 11.7. The van der Waals surface area contributed by atoms with E-state index < -0.39 is 0 Å². The van der Waals surface area contributed by atoms with Crippen molar-refractivity contribution < 1.29 is 9.47 Å². The Morgan fingerprint density at radius 2 is 2.05 bits per heavy atom. The highest BCUT2D eigenvalue weighted by Crippen LogP contribution is 2.27. The lowest BCUT2D eigenvalue weighted by Crippen LogP contribution is -1.99. The van der Waals surface area contributed by atoms with Gasteiger partial charge in [-0.3, -0.25) is 0 Å². The van der Waals surface area contributed by atoms with Crippen LogP contribution in [0.2, 0.25) is 0 Å². The normalized spacial score (nSPS) is 10.9. The molecule has 0 aliphatic heterocycles. The molecule has 2 rings (SSSR count). The van der Waals surface area contributed by atoms with E-state index in [2.05, 4.69) is 22.2 Å². The number of hydrogen-bond acceptors (Lipinski definition) is 5. The molecule has 0 bridgehead atoms. The summed E-state index contributed by atoms with van der Waals surface area (Å²) in [5, 5.41) is 11.5. The zero-order valence-corrected chi connectivity index (χ0v) is 11.7. The summed E-state index contributed by atoms with van der Waals surface area (Å²) < 4.78 is 12.5. The van der Waals surface area contributed by atoms with Crippen molar-refractivity contribution in [1.82, 2.24) is 14.9 Å². The molecule has 0 aliphatic rings. The molecule has 0 spiro atoms. The van der Waals surface area contributed by atoms with Gasteiger partial charge in [0.1, 0.15) is 12.7 Å². The van der Waals surface area contributed by atoms with E-state index in [-0.39, 0.29) is 0 Å². The summed E-state index contributed by atoms with van der Waals surface area (Å²) in [7, 11) is 1.63. The number of hydrogen-bond donors (Lipinski definition) is 0. The Balaban J connectivity index is 2.08. The SMILES string of the molecule is CCCCOc1ccc(/C=N\n2cnnc2)cc1OC. The molecular weight excluding hydrogens is 256 g/mol.